The largest absolute Gasteiger partial charge is 0.472 e. The van der Waals surface area contributed by atoms with Gasteiger partial charge in [-0.25, -0.2) is 0 Å². The van der Waals surface area contributed by atoms with E-state index in [1.165, 1.54) is 0 Å². The van der Waals surface area contributed by atoms with Gasteiger partial charge >= 0.3 is 5.97 Å². The van der Waals surface area contributed by atoms with Crippen LogP contribution in [0.3, 0.4) is 0 Å². The standard InChI is InChI=1S/C29H44O5Si2/c1-22-17-18-28(33-22)35(5,6)24-15-12-16-25(31-20-23-13-10-9-11-14-23)26(34-27(30)19-24)21-32-36(7,8)29(2,3)4/h9-15,17-18,24-26H,16,19-21H2,1-8H3/b15-12-/t24-,25+,26-/m1/s1. The molecule has 0 amide bonds. The van der Waals surface area contributed by atoms with Crippen LogP contribution in [0.5, 0.6) is 0 Å². The summed E-state index contributed by atoms with van der Waals surface area (Å²) in [6.07, 6.45) is 4.60. The summed E-state index contributed by atoms with van der Waals surface area (Å²) in [7, 11) is -4.11. The molecule has 3 rings (SSSR count). The first-order chi connectivity index (χ1) is 16.8. The maximum atomic E-state index is 13.3. The van der Waals surface area contributed by atoms with Crippen LogP contribution in [0.25, 0.3) is 0 Å². The first-order valence-electron chi connectivity index (χ1n) is 13.0. The van der Waals surface area contributed by atoms with Gasteiger partial charge in [0, 0.05) is 6.42 Å². The molecule has 1 aromatic heterocycles. The number of esters is 1. The van der Waals surface area contributed by atoms with Gasteiger partial charge in [-0.3, -0.25) is 4.79 Å². The van der Waals surface area contributed by atoms with Crippen molar-refractivity contribution in [3.8, 4) is 0 Å². The van der Waals surface area contributed by atoms with E-state index in [1.807, 2.05) is 43.3 Å². The number of rotatable bonds is 8. The highest BCUT2D eigenvalue weighted by atomic mass is 28.4. The summed E-state index contributed by atoms with van der Waals surface area (Å²) in [5, 5.41) is 1.08. The molecule has 5 nitrogen and oxygen atoms in total. The Morgan fingerprint density at radius 3 is 2.33 bits per heavy atom. The predicted molar refractivity (Wildman–Crippen MR) is 151 cm³/mol. The lowest BCUT2D eigenvalue weighted by Gasteiger charge is -2.38. The second-order valence-electron chi connectivity index (χ2n) is 12.0. The van der Waals surface area contributed by atoms with Gasteiger partial charge in [-0.1, -0.05) is 76.3 Å². The fourth-order valence-corrected chi connectivity index (χ4v) is 7.74. The van der Waals surface area contributed by atoms with Gasteiger partial charge in [0.15, 0.2) is 14.4 Å². The molecule has 198 valence electrons. The van der Waals surface area contributed by atoms with E-state index in [0.717, 1.165) is 16.7 Å². The zero-order valence-corrected chi connectivity index (χ0v) is 25.3. The van der Waals surface area contributed by atoms with Crippen molar-refractivity contribution in [2.75, 3.05) is 6.61 Å². The monoisotopic (exact) mass is 528 g/mol. The summed E-state index contributed by atoms with van der Waals surface area (Å²) in [6, 6.07) is 14.2. The molecule has 0 fully saturated rings. The van der Waals surface area contributed by atoms with Crippen LogP contribution in [0.15, 0.2) is 59.0 Å². The van der Waals surface area contributed by atoms with Crippen molar-refractivity contribution in [1.29, 1.82) is 0 Å². The Bertz CT molecular complexity index is 1020. The smallest absolute Gasteiger partial charge is 0.306 e. The molecule has 3 atom stereocenters. The molecular weight excluding hydrogens is 484 g/mol. The van der Waals surface area contributed by atoms with Crippen molar-refractivity contribution in [3.05, 3.63) is 65.9 Å². The molecule has 0 spiro atoms. The minimum absolute atomic E-state index is 0.0672. The van der Waals surface area contributed by atoms with Gasteiger partial charge < -0.3 is 18.3 Å². The number of cyclic esters (lactones) is 1. The second kappa shape index (κ2) is 11.6. The summed E-state index contributed by atoms with van der Waals surface area (Å²) in [6.45, 7) is 18.4. The van der Waals surface area contributed by atoms with Crippen LogP contribution in [0.2, 0.25) is 36.8 Å². The van der Waals surface area contributed by atoms with Crippen molar-refractivity contribution in [3.63, 3.8) is 0 Å². The molecule has 0 N–H and O–H groups in total. The molecule has 1 aliphatic heterocycles. The number of carbonyl (C=O) groups excluding carboxylic acids is 1. The van der Waals surface area contributed by atoms with Crippen LogP contribution in [-0.2, 0) is 25.3 Å². The molecule has 1 aliphatic rings. The Balaban J connectivity index is 1.83. The SMILES string of the molecule is Cc1ccc([Si](C)(C)[C@@H]2/C=C\C[C@H](OCc3ccccc3)[C@@H](CO[Si](C)(C)C(C)(C)C)OC(=O)C2)o1. The van der Waals surface area contributed by atoms with Gasteiger partial charge in [-0.2, -0.15) is 0 Å². The summed E-state index contributed by atoms with van der Waals surface area (Å²) in [5.74, 6) is 0.699. The average Bonchev–Trinajstić information content (AvgIpc) is 3.27. The van der Waals surface area contributed by atoms with E-state index in [1.54, 1.807) is 0 Å². The van der Waals surface area contributed by atoms with Crippen molar-refractivity contribution >= 4 is 27.7 Å². The summed E-state index contributed by atoms with van der Waals surface area (Å²) >= 11 is 0. The summed E-state index contributed by atoms with van der Waals surface area (Å²) in [4.78, 5) is 13.3. The lowest BCUT2D eigenvalue weighted by Crippen LogP contribution is -2.47. The lowest BCUT2D eigenvalue weighted by molar-refractivity contribution is -0.161. The van der Waals surface area contributed by atoms with E-state index in [0.29, 0.717) is 26.1 Å². The third-order valence-electron chi connectivity index (χ3n) is 7.84. The molecule has 1 aromatic carbocycles. The summed E-state index contributed by atoms with van der Waals surface area (Å²) < 4.78 is 25.0. The highest BCUT2D eigenvalue weighted by Crippen LogP contribution is 2.37. The minimum Gasteiger partial charge on any atom is -0.472 e. The number of furan rings is 1. The van der Waals surface area contributed by atoms with Gasteiger partial charge in [0.1, 0.15) is 14.2 Å². The lowest BCUT2D eigenvalue weighted by atomic mass is 10.1. The highest BCUT2D eigenvalue weighted by molar-refractivity contribution is 6.90. The van der Waals surface area contributed by atoms with E-state index in [-0.39, 0.29) is 22.7 Å². The Kier molecular flexibility index (Phi) is 9.25. The minimum atomic E-state index is -2.08. The van der Waals surface area contributed by atoms with Crippen molar-refractivity contribution in [1.82, 2.24) is 0 Å². The van der Waals surface area contributed by atoms with Gasteiger partial charge in [-0.05, 0) is 54.7 Å². The van der Waals surface area contributed by atoms with Crippen LogP contribution < -0.4 is 5.38 Å². The first kappa shape index (κ1) is 28.6. The quantitative estimate of drug-likeness (QED) is 0.216. The van der Waals surface area contributed by atoms with Crippen LogP contribution in [0.1, 0.15) is 44.9 Å². The molecule has 2 aromatic rings. The molecule has 0 bridgehead atoms. The third kappa shape index (κ3) is 7.31. The third-order valence-corrected chi connectivity index (χ3v) is 16.1. The van der Waals surface area contributed by atoms with Crippen LogP contribution in [-0.4, -0.2) is 41.2 Å². The number of allylic oxidation sites excluding steroid dienone is 1. The molecule has 0 aliphatic carbocycles. The number of hydrogen-bond acceptors (Lipinski definition) is 5. The van der Waals surface area contributed by atoms with E-state index >= 15 is 0 Å². The zero-order chi connectivity index (χ0) is 26.6. The Morgan fingerprint density at radius 1 is 1.03 bits per heavy atom. The number of hydrogen-bond donors (Lipinski definition) is 0. The van der Waals surface area contributed by atoms with Gasteiger partial charge in [0.2, 0.25) is 0 Å². The zero-order valence-electron chi connectivity index (χ0n) is 23.3. The first-order valence-corrected chi connectivity index (χ1v) is 19.0. The van der Waals surface area contributed by atoms with Gasteiger partial charge in [-0.15, -0.1) is 0 Å². The number of ether oxygens (including phenoxy) is 2. The maximum Gasteiger partial charge on any atom is 0.306 e. The molecule has 2 heterocycles. The second-order valence-corrected chi connectivity index (χ2v) is 21.5. The van der Waals surface area contributed by atoms with E-state index in [9.17, 15) is 4.79 Å². The van der Waals surface area contributed by atoms with Crippen molar-refractivity contribution < 1.29 is 23.1 Å². The molecule has 0 unspecified atom stereocenters. The molecule has 0 saturated carbocycles. The van der Waals surface area contributed by atoms with Gasteiger partial charge in [0.05, 0.1) is 24.4 Å². The highest BCUT2D eigenvalue weighted by Gasteiger charge is 2.41. The summed E-state index contributed by atoms with van der Waals surface area (Å²) in [5.41, 5.74) is 1.17. The molecule has 7 heteroatoms. The topological polar surface area (TPSA) is 57.9 Å². The van der Waals surface area contributed by atoms with Gasteiger partial charge in [0.25, 0.3) is 0 Å². The predicted octanol–water partition coefficient (Wildman–Crippen LogP) is 6.74. The Morgan fingerprint density at radius 2 is 1.72 bits per heavy atom. The van der Waals surface area contributed by atoms with E-state index < -0.39 is 22.5 Å². The normalized spacial score (nSPS) is 22.9. The number of carbonyl (C=O) groups is 1. The Labute approximate surface area is 219 Å². The molecule has 36 heavy (non-hydrogen) atoms. The van der Waals surface area contributed by atoms with Crippen LogP contribution in [0, 0.1) is 6.92 Å². The fourth-order valence-electron chi connectivity index (χ4n) is 4.13. The molecule has 0 saturated heterocycles. The van der Waals surface area contributed by atoms with Crippen molar-refractivity contribution in [2.45, 2.75) is 96.1 Å². The molecular formula is C29H44O5Si2. The Hall–Kier alpha value is -1.94. The van der Waals surface area contributed by atoms with Crippen LogP contribution >= 0.6 is 0 Å². The van der Waals surface area contributed by atoms with E-state index in [2.05, 4.69) is 65.2 Å². The number of benzene rings is 1. The number of aryl methyl sites for hydroxylation is 1. The van der Waals surface area contributed by atoms with E-state index in [4.69, 9.17) is 18.3 Å². The maximum absolute atomic E-state index is 13.3. The van der Waals surface area contributed by atoms with Crippen LogP contribution in [0.4, 0.5) is 0 Å². The molecule has 0 radical (unpaired) electrons. The average molecular weight is 529 g/mol. The van der Waals surface area contributed by atoms with Crippen molar-refractivity contribution in [2.24, 2.45) is 0 Å². The fraction of sp³-hybridized carbons (Fsp3) is 0.552.